The van der Waals surface area contributed by atoms with Crippen LogP contribution in [0.2, 0.25) is 5.02 Å². The van der Waals surface area contributed by atoms with Gasteiger partial charge in [0.2, 0.25) is 0 Å². The SMILES string of the molecule is O=C(Nc1ccc(C(=O)N2CCC3OC3c3ccccc32)cc1)c1ccccc1Cl. The van der Waals surface area contributed by atoms with E-state index in [0.29, 0.717) is 28.4 Å². The summed E-state index contributed by atoms with van der Waals surface area (Å²) in [4.78, 5) is 27.5. The highest BCUT2D eigenvalue weighted by atomic mass is 35.5. The van der Waals surface area contributed by atoms with Crippen molar-refractivity contribution in [1.29, 1.82) is 0 Å². The average Bonchev–Trinajstić information content (AvgIpc) is 3.55. The summed E-state index contributed by atoms with van der Waals surface area (Å²) in [6.45, 7) is 0.613. The van der Waals surface area contributed by atoms with Crippen LogP contribution in [0.5, 0.6) is 0 Å². The number of fused-ring (bicyclic) bond motifs is 3. The predicted molar refractivity (Wildman–Crippen MR) is 116 cm³/mol. The number of para-hydroxylation sites is 1. The third-order valence-corrected chi connectivity index (χ3v) is 5.84. The summed E-state index contributed by atoms with van der Waals surface area (Å²) in [5, 5.41) is 3.21. The molecule has 0 radical (unpaired) electrons. The Balaban J connectivity index is 1.34. The maximum Gasteiger partial charge on any atom is 0.258 e. The van der Waals surface area contributed by atoms with Gasteiger partial charge in [-0.25, -0.2) is 0 Å². The van der Waals surface area contributed by atoms with E-state index < -0.39 is 0 Å². The maximum absolute atomic E-state index is 13.2. The van der Waals surface area contributed by atoms with Crippen LogP contribution >= 0.6 is 11.6 Å². The van der Waals surface area contributed by atoms with Gasteiger partial charge in [-0.05, 0) is 48.9 Å². The van der Waals surface area contributed by atoms with E-state index in [0.717, 1.165) is 17.7 Å². The van der Waals surface area contributed by atoms with Gasteiger partial charge in [0.05, 0.1) is 16.7 Å². The van der Waals surface area contributed by atoms with Gasteiger partial charge in [-0.3, -0.25) is 9.59 Å². The predicted octanol–water partition coefficient (Wildman–Crippen LogP) is 5.08. The normalized spacial score (nSPS) is 19.3. The molecular formula is C24H19ClN2O3. The molecule has 0 bridgehead atoms. The van der Waals surface area contributed by atoms with Crippen LogP contribution in [0.3, 0.4) is 0 Å². The van der Waals surface area contributed by atoms with E-state index in [1.807, 2.05) is 29.2 Å². The summed E-state index contributed by atoms with van der Waals surface area (Å²) in [7, 11) is 0. The molecule has 0 aromatic heterocycles. The van der Waals surface area contributed by atoms with Crippen LogP contribution in [0.1, 0.15) is 38.8 Å². The van der Waals surface area contributed by atoms with Gasteiger partial charge in [-0.2, -0.15) is 0 Å². The Morgan fingerprint density at radius 2 is 1.70 bits per heavy atom. The van der Waals surface area contributed by atoms with Crippen molar-refractivity contribution >= 4 is 34.8 Å². The van der Waals surface area contributed by atoms with E-state index in [2.05, 4.69) is 5.32 Å². The van der Waals surface area contributed by atoms with Crippen LogP contribution < -0.4 is 10.2 Å². The minimum absolute atomic E-state index is 0.0623. The van der Waals surface area contributed by atoms with Crippen LogP contribution in [0.25, 0.3) is 0 Å². The molecule has 2 amide bonds. The number of nitrogens with zero attached hydrogens (tertiary/aromatic N) is 1. The van der Waals surface area contributed by atoms with Crippen LogP contribution in [-0.2, 0) is 4.74 Å². The summed E-state index contributed by atoms with van der Waals surface area (Å²) in [6.07, 6.45) is 1.12. The molecule has 2 heterocycles. The fraction of sp³-hybridized carbons (Fsp3) is 0.167. The van der Waals surface area contributed by atoms with Crippen molar-refractivity contribution in [3.8, 4) is 0 Å². The molecule has 1 N–H and O–H groups in total. The lowest BCUT2D eigenvalue weighted by Gasteiger charge is -2.23. The smallest absolute Gasteiger partial charge is 0.258 e. The molecule has 0 saturated carbocycles. The van der Waals surface area contributed by atoms with Crippen LogP contribution in [0.4, 0.5) is 11.4 Å². The molecule has 2 aliphatic heterocycles. The average molecular weight is 419 g/mol. The van der Waals surface area contributed by atoms with Crippen molar-refractivity contribution in [1.82, 2.24) is 0 Å². The molecule has 0 spiro atoms. The van der Waals surface area contributed by atoms with Gasteiger partial charge in [0.1, 0.15) is 6.10 Å². The van der Waals surface area contributed by atoms with Gasteiger partial charge < -0.3 is 15.0 Å². The van der Waals surface area contributed by atoms with Crippen LogP contribution in [0, 0.1) is 0 Å². The Labute approximate surface area is 179 Å². The molecule has 3 aromatic rings. The van der Waals surface area contributed by atoms with Gasteiger partial charge in [-0.1, -0.05) is 41.9 Å². The number of nitrogens with one attached hydrogen (secondary N) is 1. The molecule has 1 fully saturated rings. The number of benzene rings is 3. The minimum atomic E-state index is -0.291. The fourth-order valence-corrected chi connectivity index (χ4v) is 4.11. The monoisotopic (exact) mass is 418 g/mol. The molecule has 30 heavy (non-hydrogen) atoms. The molecule has 150 valence electrons. The number of rotatable bonds is 3. The second-order valence-electron chi connectivity index (χ2n) is 7.41. The lowest BCUT2D eigenvalue weighted by atomic mass is 10.1. The third kappa shape index (κ3) is 3.47. The zero-order valence-corrected chi connectivity index (χ0v) is 16.8. The summed E-state index contributed by atoms with van der Waals surface area (Å²) >= 11 is 6.09. The van der Waals surface area contributed by atoms with E-state index >= 15 is 0 Å². The largest absolute Gasteiger partial charge is 0.364 e. The molecule has 1 saturated heterocycles. The number of hydrogen-bond donors (Lipinski definition) is 1. The summed E-state index contributed by atoms with van der Waals surface area (Å²) in [6, 6.07) is 21.7. The topological polar surface area (TPSA) is 61.9 Å². The van der Waals surface area contributed by atoms with E-state index in [1.165, 1.54) is 0 Å². The van der Waals surface area contributed by atoms with Crippen molar-refractivity contribution in [2.75, 3.05) is 16.8 Å². The van der Waals surface area contributed by atoms with Crippen molar-refractivity contribution in [3.63, 3.8) is 0 Å². The number of epoxide rings is 1. The Morgan fingerprint density at radius 1 is 0.967 bits per heavy atom. The maximum atomic E-state index is 13.2. The first-order chi connectivity index (χ1) is 14.6. The zero-order chi connectivity index (χ0) is 20.7. The van der Waals surface area contributed by atoms with Gasteiger partial charge >= 0.3 is 0 Å². The van der Waals surface area contributed by atoms with E-state index in [1.54, 1.807) is 48.5 Å². The van der Waals surface area contributed by atoms with Crippen LogP contribution in [-0.4, -0.2) is 24.5 Å². The lowest BCUT2D eigenvalue weighted by Crippen LogP contribution is -2.32. The van der Waals surface area contributed by atoms with Crippen molar-refractivity contribution < 1.29 is 14.3 Å². The van der Waals surface area contributed by atoms with Crippen molar-refractivity contribution in [3.05, 3.63) is 94.5 Å². The number of carbonyl (C=O) groups excluding carboxylic acids is 2. The second-order valence-corrected chi connectivity index (χ2v) is 7.82. The standard InChI is InChI=1S/C24H19ClN2O3/c25-19-7-3-1-5-17(19)23(28)26-16-11-9-15(10-12-16)24(29)27-14-13-21-22(30-21)18-6-2-4-8-20(18)27/h1-12,21-22H,13-14H2,(H,26,28). The fourth-order valence-electron chi connectivity index (χ4n) is 3.89. The Bertz CT molecular complexity index is 1130. The van der Waals surface area contributed by atoms with Crippen molar-refractivity contribution in [2.45, 2.75) is 18.6 Å². The molecule has 2 atom stereocenters. The van der Waals surface area contributed by atoms with Crippen LogP contribution in [0.15, 0.2) is 72.8 Å². The van der Waals surface area contributed by atoms with E-state index in [9.17, 15) is 9.59 Å². The summed E-state index contributed by atoms with van der Waals surface area (Å²) in [5.74, 6) is -0.354. The molecule has 5 nitrogen and oxygen atoms in total. The Morgan fingerprint density at radius 3 is 2.50 bits per heavy atom. The van der Waals surface area contributed by atoms with Gasteiger partial charge in [0.25, 0.3) is 11.8 Å². The number of hydrogen-bond acceptors (Lipinski definition) is 3. The van der Waals surface area contributed by atoms with Gasteiger partial charge in [0, 0.05) is 29.0 Å². The minimum Gasteiger partial charge on any atom is -0.364 e. The number of ether oxygens (including phenoxy) is 1. The van der Waals surface area contributed by atoms with Gasteiger partial charge in [-0.15, -0.1) is 0 Å². The lowest BCUT2D eigenvalue weighted by molar-refractivity contribution is 0.0984. The molecule has 3 aromatic carbocycles. The molecule has 6 heteroatoms. The number of halogens is 1. The highest BCUT2D eigenvalue weighted by Gasteiger charge is 2.44. The quantitative estimate of drug-likeness (QED) is 0.603. The molecule has 5 rings (SSSR count). The first-order valence-corrected chi connectivity index (χ1v) is 10.2. The highest BCUT2D eigenvalue weighted by Crippen LogP contribution is 2.47. The number of amides is 2. The second kappa shape index (κ2) is 7.59. The molecular weight excluding hydrogens is 400 g/mol. The highest BCUT2D eigenvalue weighted by molar-refractivity contribution is 6.34. The molecule has 2 aliphatic rings. The summed E-state index contributed by atoms with van der Waals surface area (Å²) in [5.41, 5.74) is 3.54. The summed E-state index contributed by atoms with van der Waals surface area (Å²) < 4.78 is 5.73. The Hall–Kier alpha value is -3.15. The first-order valence-electron chi connectivity index (χ1n) is 9.84. The molecule has 0 aliphatic carbocycles. The van der Waals surface area contributed by atoms with E-state index in [4.69, 9.17) is 16.3 Å². The Kier molecular flexibility index (Phi) is 4.77. The number of anilines is 2. The number of carbonyl (C=O) groups is 2. The zero-order valence-electron chi connectivity index (χ0n) is 16.0. The van der Waals surface area contributed by atoms with Crippen molar-refractivity contribution in [2.24, 2.45) is 0 Å². The first kappa shape index (κ1) is 18.9. The molecule has 2 unspecified atom stereocenters. The third-order valence-electron chi connectivity index (χ3n) is 5.51. The van der Waals surface area contributed by atoms with Gasteiger partial charge in [0.15, 0.2) is 0 Å². The van der Waals surface area contributed by atoms with E-state index in [-0.39, 0.29) is 24.0 Å².